The Morgan fingerprint density at radius 3 is 2.90 bits per heavy atom. The molecule has 1 aromatic rings. The Labute approximate surface area is 123 Å². The fourth-order valence-corrected chi connectivity index (χ4v) is 2.12. The Morgan fingerprint density at radius 1 is 1.48 bits per heavy atom. The van der Waals surface area contributed by atoms with Crippen LogP contribution in [0.25, 0.3) is 0 Å². The molecule has 0 radical (unpaired) electrons. The zero-order valence-electron chi connectivity index (χ0n) is 12.1. The maximum Gasteiger partial charge on any atom is 0.325 e. The number of hydrogen-bond donors (Lipinski definition) is 2. The first-order valence-corrected chi connectivity index (χ1v) is 6.65. The maximum absolute atomic E-state index is 11.9. The number of amides is 4. The Morgan fingerprint density at radius 2 is 2.29 bits per heavy atom. The van der Waals surface area contributed by atoms with E-state index in [4.69, 9.17) is 9.47 Å². The summed E-state index contributed by atoms with van der Waals surface area (Å²) in [7, 11) is 3.16. The lowest BCUT2D eigenvalue weighted by molar-refractivity contribution is 0.102. The fourth-order valence-electron chi connectivity index (χ4n) is 2.12. The highest BCUT2D eigenvalue weighted by Gasteiger charge is 2.26. The van der Waals surface area contributed by atoms with Gasteiger partial charge >= 0.3 is 12.1 Å². The van der Waals surface area contributed by atoms with Crippen molar-refractivity contribution in [3.05, 3.63) is 29.8 Å². The molecule has 1 aromatic carbocycles. The van der Waals surface area contributed by atoms with Crippen molar-refractivity contribution in [3.63, 3.8) is 0 Å². The number of imide groups is 1. The summed E-state index contributed by atoms with van der Waals surface area (Å²) in [5, 5.41) is 5.28. The highest BCUT2D eigenvalue weighted by molar-refractivity contribution is 5.94. The normalized spacial score (nSPS) is 15.5. The van der Waals surface area contributed by atoms with Crippen molar-refractivity contribution in [2.45, 2.75) is 6.10 Å². The molecular formula is C14H19N3O4. The topological polar surface area (TPSA) is 79.9 Å². The molecule has 0 spiro atoms. The van der Waals surface area contributed by atoms with Crippen molar-refractivity contribution in [1.82, 2.24) is 15.5 Å². The Bertz CT molecular complexity index is 521. The molecule has 1 fully saturated rings. The van der Waals surface area contributed by atoms with Gasteiger partial charge in [0.2, 0.25) is 0 Å². The van der Waals surface area contributed by atoms with Crippen LogP contribution in [0.5, 0.6) is 5.75 Å². The number of methoxy groups -OCH3 is 2. The van der Waals surface area contributed by atoms with E-state index in [1.54, 1.807) is 14.2 Å². The molecule has 0 aromatic heterocycles. The van der Waals surface area contributed by atoms with Gasteiger partial charge in [-0.15, -0.1) is 0 Å². The van der Waals surface area contributed by atoms with Gasteiger partial charge in [-0.25, -0.2) is 14.5 Å². The number of nitrogens with one attached hydrogen (secondary N) is 2. The third kappa shape index (κ3) is 3.63. The molecule has 2 N–H and O–H groups in total. The van der Waals surface area contributed by atoms with Crippen LogP contribution in [0, 0.1) is 0 Å². The van der Waals surface area contributed by atoms with Crippen LogP contribution in [-0.4, -0.2) is 50.8 Å². The number of hydrogen-bond acceptors (Lipinski definition) is 4. The van der Waals surface area contributed by atoms with E-state index in [1.165, 1.54) is 0 Å². The molecule has 114 valence electrons. The molecule has 7 nitrogen and oxygen atoms in total. The number of benzene rings is 1. The number of rotatable bonds is 5. The summed E-state index contributed by atoms with van der Waals surface area (Å²) in [6.45, 7) is 1.13. The minimum atomic E-state index is -0.421. The first kappa shape index (κ1) is 15.1. The highest BCUT2D eigenvalue weighted by atomic mass is 16.5. The van der Waals surface area contributed by atoms with E-state index in [0.29, 0.717) is 13.1 Å². The van der Waals surface area contributed by atoms with Gasteiger partial charge in [-0.2, -0.15) is 0 Å². The van der Waals surface area contributed by atoms with Crippen LogP contribution in [0.4, 0.5) is 9.59 Å². The van der Waals surface area contributed by atoms with E-state index >= 15 is 0 Å². The summed E-state index contributed by atoms with van der Waals surface area (Å²) in [5.74, 6) is 0.722. The van der Waals surface area contributed by atoms with Crippen LogP contribution in [0.3, 0.4) is 0 Å². The molecule has 0 bridgehead atoms. The van der Waals surface area contributed by atoms with E-state index in [1.807, 2.05) is 24.3 Å². The molecule has 1 unspecified atom stereocenters. The van der Waals surface area contributed by atoms with Crippen molar-refractivity contribution < 1.29 is 19.1 Å². The van der Waals surface area contributed by atoms with Crippen LogP contribution in [-0.2, 0) is 4.74 Å². The number of ether oxygens (including phenoxy) is 2. The summed E-state index contributed by atoms with van der Waals surface area (Å²) in [5.41, 5.74) is 0.892. The van der Waals surface area contributed by atoms with E-state index in [9.17, 15) is 9.59 Å². The molecule has 4 amide bonds. The first-order chi connectivity index (χ1) is 10.2. The van der Waals surface area contributed by atoms with E-state index in [-0.39, 0.29) is 18.7 Å². The van der Waals surface area contributed by atoms with Crippen molar-refractivity contribution in [3.8, 4) is 5.75 Å². The highest BCUT2D eigenvalue weighted by Crippen LogP contribution is 2.21. The monoisotopic (exact) mass is 293 g/mol. The van der Waals surface area contributed by atoms with Gasteiger partial charge in [-0.1, -0.05) is 12.1 Å². The molecule has 2 rings (SSSR count). The van der Waals surface area contributed by atoms with Gasteiger partial charge in [-0.3, -0.25) is 0 Å². The van der Waals surface area contributed by atoms with Crippen molar-refractivity contribution in [2.24, 2.45) is 0 Å². The van der Waals surface area contributed by atoms with E-state index in [2.05, 4.69) is 10.6 Å². The molecule has 21 heavy (non-hydrogen) atoms. The Balaban J connectivity index is 1.95. The second-order valence-electron chi connectivity index (χ2n) is 4.57. The molecular weight excluding hydrogens is 274 g/mol. The quantitative estimate of drug-likeness (QED) is 0.852. The van der Waals surface area contributed by atoms with Crippen LogP contribution in [0.2, 0.25) is 0 Å². The molecule has 0 saturated carbocycles. The van der Waals surface area contributed by atoms with Gasteiger partial charge in [0.05, 0.1) is 13.2 Å². The Kier molecular flexibility index (Phi) is 4.99. The minimum absolute atomic E-state index is 0.270. The van der Waals surface area contributed by atoms with Gasteiger partial charge in [0.1, 0.15) is 5.75 Å². The lowest BCUT2D eigenvalue weighted by atomic mass is 10.1. The third-order valence-electron chi connectivity index (χ3n) is 3.29. The number of carbonyl (C=O) groups is 2. The van der Waals surface area contributed by atoms with Gasteiger partial charge < -0.3 is 20.1 Å². The molecule has 0 aliphatic carbocycles. The lowest BCUT2D eigenvalue weighted by Crippen LogP contribution is -2.43. The summed E-state index contributed by atoms with van der Waals surface area (Å²) in [6, 6.07) is 6.64. The lowest BCUT2D eigenvalue weighted by Gasteiger charge is -2.19. The zero-order valence-corrected chi connectivity index (χ0v) is 12.1. The summed E-state index contributed by atoms with van der Waals surface area (Å²) >= 11 is 0. The average molecular weight is 293 g/mol. The first-order valence-electron chi connectivity index (χ1n) is 6.65. The summed E-state index contributed by atoms with van der Waals surface area (Å²) < 4.78 is 10.6. The molecule has 1 saturated heterocycles. The molecule has 1 heterocycles. The molecule has 1 atom stereocenters. The Hall–Kier alpha value is -2.28. The predicted molar refractivity (Wildman–Crippen MR) is 76.2 cm³/mol. The van der Waals surface area contributed by atoms with Crippen molar-refractivity contribution >= 4 is 12.1 Å². The summed E-state index contributed by atoms with van der Waals surface area (Å²) in [6.07, 6.45) is -0.310. The molecule has 1 aliphatic rings. The van der Waals surface area contributed by atoms with E-state index in [0.717, 1.165) is 16.2 Å². The summed E-state index contributed by atoms with van der Waals surface area (Å²) in [4.78, 5) is 24.4. The molecule has 7 heteroatoms. The second-order valence-corrected chi connectivity index (χ2v) is 4.57. The van der Waals surface area contributed by atoms with E-state index < -0.39 is 6.03 Å². The van der Waals surface area contributed by atoms with Crippen molar-refractivity contribution in [1.29, 1.82) is 0 Å². The van der Waals surface area contributed by atoms with Crippen LogP contribution >= 0.6 is 0 Å². The number of urea groups is 2. The van der Waals surface area contributed by atoms with Gasteiger partial charge in [0.15, 0.2) is 0 Å². The number of carbonyl (C=O) groups excluding carboxylic acids is 2. The van der Waals surface area contributed by atoms with Crippen LogP contribution in [0.15, 0.2) is 24.3 Å². The van der Waals surface area contributed by atoms with Gasteiger partial charge in [0.25, 0.3) is 0 Å². The average Bonchev–Trinajstić information content (AvgIpc) is 2.94. The standard InChI is InChI=1S/C14H19N3O4/c1-20-11-5-3-4-10(8-11)12(21-2)9-16-14(19)17-7-6-15-13(17)18/h3-5,8,12H,6-7,9H2,1-2H3,(H,15,18)(H,16,19). The smallest absolute Gasteiger partial charge is 0.325 e. The van der Waals surface area contributed by atoms with Crippen LogP contribution < -0.4 is 15.4 Å². The fraction of sp³-hybridized carbons (Fsp3) is 0.429. The van der Waals surface area contributed by atoms with Crippen LogP contribution in [0.1, 0.15) is 11.7 Å². The number of nitrogens with zero attached hydrogens (tertiary/aromatic N) is 1. The predicted octanol–water partition coefficient (Wildman–Crippen LogP) is 1.12. The zero-order chi connectivity index (χ0) is 15.2. The maximum atomic E-state index is 11.9. The minimum Gasteiger partial charge on any atom is -0.497 e. The largest absolute Gasteiger partial charge is 0.497 e. The SMILES string of the molecule is COc1cccc(C(CNC(=O)N2CCNC2=O)OC)c1. The third-order valence-corrected chi connectivity index (χ3v) is 3.29. The van der Waals surface area contributed by atoms with Gasteiger partial charge in [-0.05, 0) is 17.7 Å². The second kappa shape index (κ2) is 6.94. The molecule has 1 aliphatic heterocycles. The van der Waals surface area contributed by atoms with Gasteiger partial charge in [0, 0.05) is 26.7 Å². The van der Waals surface area contributed by atoms with Crippen molar-refractivity contribution in [2.75, 3.05) is 33.9 Å².